The summed E-state index contributed by atoms with van der Waals surface area (Å²) in [6, 6.07) is 72.2. The van der Waals surface area contributed by atoms with Crippen LogP contribution in [0, 0.1) is 0 Å². The number of fused-ring (bicyclic) bond motifs is 7. The fourth-order valence-corrected chi connectivity index (χ4v) is 10.2. The van der Waals surface area contributed by atoms with Crippen molar-refractivity contribution in [2.75, 3.05) is 0 Å². The van der Waals surface area contributed by atoms with Crippen molar-refractivity contribution in [2.24, 2.45) is 0 Å². The largest absolute Gasteiger partial charge is 0.308 e. The van der Waals surface area contributed by atoms with E-state index in [-0.39, 0.29) is 0 Å². The normalized spacial score (nSPS) is 11.5. The molecule has 5 nitrogen and oxygen atoms in total. The monoisotopic (exact) mass is 809 g/mol. The van der Waals surface area contributed by atoms with E-state index in [0.29, 0.717) is 17.5 Å². The van der Waals surface area contributed by atoms with Gasteiger partial charge in [0.2, 0.25) is 0 Å². The van der Waals surface area contributed by atoms with E-state index in [1.807, 2.05) is 78.2 Å². The maximum Gasteiger partial charge on any atom is 0.166 e. The molecule has 12 rings (SSSR count). The van der Waals surface area contributed by atoms with Crippen LogP contribution in [0.5, 0.6) is 0 Å². The summed E-state index contributed by atoms with van der Waals surface area (Å²) in [6.45, 7) is 0. The zero-order valence-corrected chi connectivity index (χ0v) is 34.2. The molecule has 4 aromatic heterocycles. The number of para-hydroxylation sites is 2. The highest BCUT2D eigenvalue weighted by molar-refractivity contribution is 7.27. The molecule has 0 fully saturated rings. The van der Waals surface area contributed by atoms with E-state index in [4.69, 9.17) is 19.9 Å². The first-order chi connectivity index (χ1) is 30.8. The zero-order chi connectivity index (χ0) is 41.0. The minimum atomic E-state index is 0.559. The standard InChI is InChI=1S/C56H35N5S/c1-5-18-36(19-6-1)41-26-13-14-27-42(41)39-34-48(56-59-54(37-20-7-2-8-21-37)58-55(60-56)38-22-9-3-10-23-38)50(57-35-39)47-30-17-29-45-46-33-32-44-43-28-15-16-31-49(43)61(40-24-11-4-12-25-40)51(44)53(46)62-52(45)47/h1-35H. The third-order valence-electron chi connectivity index (χ3n) is 11.7. The lowest BCUT2D eigenvalue weighted by molar-refractivity contribution is 1.07. The highest BCUT2D eigenvalue weighted by Crippen LogP contribution is 2.47. The Labute approximate surface area is 361 Å². The van der Waals surface area contributed by atoms with Crippen LogP contribution in [0.15, 0.2) is 212 Å². The average Bonchev–Trinajstić information content (AvgIpc) is 3.91. The van der Waals surface area contributed by atoms with Gasteiger partial charge in [0.05, 0.1) is 21.4 Å². The Balaban J connectivity index is 1.15. The lowest BCUT2D eigenvalue weighted by Crippen LogP contribution is -2.02. The quantitative estimate of drug-likeness (QED) is 0.161. The van der Waals surface area contributed by atoms with Gasteiger partial charge in [-0.3, -0.25) is 4.98 Å². The number of benzene rings is 8. The molecular formula is C56H35N5S. The van der Waals surface area contributed by atoms with Crippen LogP contribution in [0.25, 0.3) is 115 Å². The number of hydrogen-bond donors (Lipinski definition) is 0. The van der Waals surface area contributed by atoms with Gasteiger partial charge in [0.1, 0.15) is 0 Å². The van der Waals surface area contributed by atoms with Crippen molar-refractivity contribution >= 4 is 53.3 Å². The molecule has 0 aliphatic rings. The second kappa shape index (κ2) is 14.9. The highest BCUT2D eigenvalue weighted by atomic mass is 32.1. The van der Waals surface area contributed by atoms with E-state index >= 15 is 0 Å². The minimum absolute atomic E-state index is 0.559. The van der Waals surface area contributed by atoms with Crippen molar-refractivity contribution in [3.05, 3.63) is 212 Å². The topological polar surface area (TPSA) is 56.5 Å². The molecule has 62 heavy (non-hydrogen) atoms. The molecule has 290 valence electrons. The van der Waals surface area contributed by atoms with Gasteiger partial charge in [-0.15, -0.1) is 11.3 Å². The van der Waals surface area contributed by atoms with Gasteiger partial charge in [-0.2, -0.15) is 0 Å². The molecule has 0 radical (unpaired) electrons. The maximum atomic E-state index is 5.42. The van der Waals surface area contributed by atoms with Crippen molar-refractivity contribution in [1.29, 1.82) is 0 Å². The Kier molecular flexibility index (Phi) is 8.61. The maximum absolute atomic E-state index is 5.42. The first-order valence-electron chi connectivity index (χ1n) is 20.7. The van der Waals surface area contributed by atoms with Crippen LogP contribution in [-0.2, 0) is 0 Å². The predicted molar refractivity (Wildman–Crippen MR) is 257 cm³/mol. The average molecular weight is 810 g/mol. The number of rotatable bonds is 7. The molecule has 0 aliphatic carbocycles. The number of thiophene rings is 1. The third kappa shape index (κ3) is 5.99. The molecule has 0 atom stereocenters. The number of nitrogens with zero attached hydrogens (tertiary/aromatic N) is 5. The van der Waals surface area contributed by atoms with Crippen LogP contribution in [0.4, 0.5) is 0 Å². The van der Waals surface area contributed by atoms with Crippen molar-refractivity contribution in [3.8, 4) is 73.4 Å². The third-order valence-corrected chi connectivity index (χ3v) is 13.0. The van der Waals surface area contributed by atoms with Crippen LogP contribution in [0.1, 0.15) is 0 Å². The van der Waals surface area contributed by atoms with Gasteiger partial charge >= 0.3 is 0 Å². The summed E-state index contributed by atoms with van der Waals surface area (Å²) in [4.78, 5) is 21.0. The highest BCUT2D eigenvalue weighted by Gasteiger charge is 2.23. The molecule has 0 saturated heterocycles. The van der Waals surface area contributed by atoms with Crippen LogP contribution in [0.3, 0.4) is 0 Å². The second-order valence-corrected chi connectivity index (χ2v) is 16.4. The van der Waals surface area contributed by atoms with Gasteiger partial charge in [0.25, 0.3) is 0 Å². The molecule has 0 bridgehead atoms. The van der Waals surface area contributed by atoms with Crippen LogP contribution in [-0.4, -0.2) is 24.5 Å². The van der Waals surface area contributed by atoms with Crippen molar-refractivity contribution in [1.82, 2.24) is 24.5 Å². The van der Waals surface area contributed by atoms with Gasteiger partial charge in [0, 0.05) is 65.9 Å². The molecule has 0 saturated carbocycles. The molecule has 0 aliphatic heterocycles. The summed E-state index contributed by atoms with van der Waals surface area (Å²) in [5, 5.41) is 4.87. The summed E-state index contributed by atoms with van der Waals surface area (Å²) in [6.07, 6.45) is 2.01. The van der Waals surface area contributed by atoms with E-state index in [9.17, 15) is 0 Å². The van der Waals surface area contributed by atoms with E-state index < -0.39 is 0 Å². The van der Waals surface area contributed by atoms with Gasteiger partial charge in [-0.1, -0.05) is 182 Å². The van der Waals surface area contributed by atoms with Crippen molar-refractivity contribution in [3.63, 3.8) is 0 Å². The summed E-state index contributed by atoms with van der Waals surface area (Å²) in [5.74, 6) is 1.77. The Bertz CT molecular complexity index is 3560. The SMILES string of the molecule is c1ccc(-c2nc(-c3ccccc3)nc(-c3cc(-c4ccccc4-c4ccccc4)cnc3-c3cccc4c3sc3c4ccc4c5ccccc5n(-c5ccccc5)c43)n2)cc1. The summed E-state index contributed by atoms with van der Waals surface area (Å²) < 4.78 is 4.82. The van der Waals surface area contributed by atoms with E-state index in [0.717, 1.165) is 60.6 Å². The lowest BCUT2D eigenvalue weighted by atomic mass is 9.93. The predicted octanol–water partition coefficient (Wildman–Crippen LogP) is 14.7. The molecule has 8 aromatic carbocycles. The smallest absolute Gasteiger partial charge is 0.166 e. The molecule has 6 heteroatoms. The zero-order valence-electron chi connectivity index (χ0n) is 33.4. The summed E-state index contributed by atoms with van der Waals surface area (Å²) in [5.41, 5.74) is 12.4. The Morgan fingerprint density at radius 3 is 1.56 bits per heavy atom. The van der Waals surface area contributed by atoms with Crippen LogP contribution < -0.4 is 0 Å². The first-order valence-corrected chi connectivity index (χ1v) is 21.5. The minimum Gasteiger partial charge on any atom is -0.308 e. The Morgan fingerprint density at radius 1 is 0.355 bits per heavy atom. The van der Waals surface area contributed by atoms with Gasteiger partial charge in [-0.05, 0) is 41.0 Å². The first kappa shape index (κ1) is 35.8. The fourth-order valence-electron chi connectivity index (χ4n) is 8.87. The molecule has 0 spiro atoms. The Morgan fingerprint density at radius 2 is 0.871 bits per heavy atom. The number of pyridine rings is 1. The van der Waals surface area contributed by atoms with Crippen LogP contribution in [0.2, 0.25) is 0 Å². The lowest BCUT2D eigenvalue weighted by Gasteiger charge is -2.15. The van der Waals surface area contributed by atoms with Crippen LogP contribution >= 0.6 is 11.3 Å². The van der Waals surface area contributed by atoms with Gasteiger partial charge in [0.15, 0.2) is 17.5 Å². The second-order valence-electron chi connectivity index (χ2n) is 15.4. The van der Waals surface area contributed by atoms with E-state index in [1.165, 1.54) is 37.3 Å². The number of hydrogen-bond acceptors (Lipinski definition) is 5. The molecule has 0 unspecified atom stereocenters. The van der Waals surface area contributed by atoms with E-state index in [2.05, 4.69) is 150 Å². The molecular weight excluding hydrogens is 775 g/mol. The summed E-state index contributed by atoms with van der Waals surface area (Å²) in [7, 11) is 0. The number of aromatic nitrogens is 5. The molecule has 0 amide bonds. The molecule has 12 aromatic rings. The summed E-state index contributed by atoms with van der Waals surface area (Å²) >= 11 is 1.83. The fraction of sp³-hybridized carbons (Fsp3) is 0. The molecule has 4 heterocycles. The van der Waals surface area contributed by atoms with Crippen molar-refractivity contribution < 1.29 is 0 Å². The molecule has 0 N–H and O–H groups in total. The Hall–Kier alpha value is -8.06. The van der Waals surface area contributed by atoms with E-state index in [1.54, 1.807) is 0 Å². The van der Waals surface area contributed by atoms with Gasteiger partial charge < -0.3 is 4.57 Å². The van der Waals surface area contributed by atoms with Crippen molar-refractivity contribution in [2.45, 2.75) is 0 Å². The van der Waals surface area contributed by atoms with Gasteiger partial charge in [-0.25, -0.2) is 15.0 Å².